The normalized spacial score (nSPS) is 14.3. The minimum Gasteiger partial charge on any atom is -0.378 e. The number of carbonyl (C=O) groups excluding carboxylic acids is 1. The van der Waals surface area contributed by atoms with Crippen molar-refractivity contribution in [2.24, 2.45) is 0 Å². The lowest BCUT2D eigenvalue weighted by atomic mass is 10.1. The van der Waals surface area contributed by atoms with Crippen LogP contribution in [0.3, 0.4) is 0 Å². The predicted molar refractivity (Wildman–Crippen MR) is 107 cm³/mol. The van der Waals surface area contributed by atoms with Gasteiger partial charge in [0.1, 0.15) is 5.82 Å². The number of nitrogens with one attached hydrogen (secondary N) is 1. The van der Waals surface area contributed by atoms with Crippen molar-refractivity contribution in [2.45, 2.75) is 25.2 Å². The van der Waals surface area contributed by atoms with Gasteiger partial charge < -0.3 is 15.0 Å². The summed E-state index contributed by atoms with van der Waals surface area (Å²) in [7, 11) is 0. The number of thioether (sulfide) groups is 1. The van der Waals surface area contributed by atoms with E-state index in [0.29, 0.717) is 12.2 Å². The molecule has 0 atom stereocenters. The van der Waals surface area contributed by atoms with Crippen molar-refractivity contribution in [1.82, 2.24) is 4.98 Å². The Labute approximate surface area is 159 Å². The van der Waals surface area contributed by atoms with E-state index in [1.54, 1.807) is 11.8 Å². The number of pyridine rings is 1. The Balaban J connectivity index is 1.44. The average molecular weight is 372 g/mol. The van der Waals surface area contributed by atoms with Gasteiger partial charge in [-0.1, -0.05) is 6.07 Å². The fourth-order valence-corrected chi connectivity index (χ4v) is 3.69. The summed E-state index contributed by atoms with van der Waals surface area (Å²) in [5.74, 6) is 1.34. The summed E-state index contributed by atoms with van der Waals surface area (Å²) in [6.45, 7) is 7.46. The quantitative estimate of drug-likeness (QED) is 0.786. The molecule has 1 aliphatic rings. The molecule has 0 unspecified atom stereocenters. The van der Waals surface area contributed by atoms with E-state index < -0.39 is 0 Å². The van der Waals surface area contributed by atoms with Crippen LogP contribution in [-0.4, -0.2) is 42.9 Å². The molecule has 1 aromatic carbocycles. The predicted octanol–water partition coefficient (Wildman–Crippen LogP) is 3.66. The summed E-state index contributed by atoms with van der Waals surface area (Å²) in [5, 5.41) is 2.87. The van der Waals surface area contributed by atoms with Crippen molar-refractivity contribution in [1.29, 1.82) is 0 Å². The number of carbonyl (C=O) groups is 1. The molecule has 2 heterocycles. The van der Waals surface area contributed by atoms with E-state index in [-0.39, 0.29) is 5.91 Å². The molecule has 0 aliphatic carbocycles. The zero-order valence-corrected chi connectivity index (χ0v) is 16.1. The van der Waals surface area contributed by atoms with Crippen LogP contribution in [0.15, 0.2) is 41.4 Å². The van der Waals surface area contributed by atoms with Gasteiger partial charge in [0, 0.05) is 30.2 Å². The summed E-state index contributed by atoms with van der Waals surface area (Å²) in [6, 6.07) is 10.3. The van der Waals surface area contributed by atoms with Gasteiger partial charge in [0.2, 0.25) is 5.91 Å². The minimum absolute atomic E-state index is 0.00652. The third kappa shape index (κ3) is 5.22. The summed E-state index contributed by atoms with van der Waals surface area (Å²) in [4.78, 5) is 19.9. The molecule has 138 valence electrons. The van der Waals surface area contributed by atoms with Crippen LogP contribution >= 0.6 is 11.8 Å². The molecular formula is C20H25N3O2S. The number of amides is 1. The number of ether oxygens (including phenoxy) is 1. The van der Waals surface area contributed by atoms with Crippen LogP contribution in [0.4, 0.5) is 11.5 Å². The first-order chi connectivity index (χ1) is 12.6. The number of nitrogens with zero attached hydrogens (tertiary/aromatic N) is 2. The van der Waals surface area contributed by atoms with Gasteiger partial charge >= 0.3 is 0 Å². The third-order valence-electron chi connectivity index (χ3n) is 4.47. The molecule has 1 aliphatic heterocycles. The molecule has 0 spiro atoms. The zero-order chi connectivity index (χ0) is 18.4. The van der Waals surface area contributed by atoms with Gasteiger partial charge in [0.05, 0.1) is 25.1 Å². The molecule has 0 bridgehead atoms. The second-order valence-corrected chi connectivity index (χ2v) is 7.56. The number of benzene rings is 1. The van der Waals surface area contributed by atoms with E-state index in [4.69, 9.17) is 4.74 Å². The van der Waals surface area contributed by atoms with Crippen molar-refractivity contribution in [2.75, 3.05) is 42.3 Å². The van der Waals surface area contributed by atoms with Gasteiger partial charge in [-0.15, -0.1) is 11.8 Å². The maximum atomic E-state index is 12.1. The van der Waals surface area contributed by atoms with Crippen molar-refractivity contribution < 1.29 is 9.53 Å². The highest BCUT2D eigenvalue weighted by Gasteiger charge is 2.12. The second-order valence-electron chi connectivity index (χ2n) is 6.39. The fraction of sp³-hybridized carbons (Fsp3) is 0.400. The average Bonchev–Trinajstić information content (AvgIpc) is 2.66. The lowest BCUT2D eigenvalue weighted by molar-refractivity contribution is -0.115. The molecule has 2 aromatic rings. The molecule has 1 aromatic heterocycles. The lowest BCUT2D eigenvalue weighted by Crippen LogP contribution is -2.36. The van der Waals surface area contributed by atoms with Crippen LogP contribution in [0.25, 0.3) is 0 Å². The molecule has 26 heavy (non-hydrogen) atoms. The SMILES string of the molecule is Cc1ccc(SCCC(=O)Nc2ccc(N3CCOCC3)cn2)cc1C. The monoisotopic (exact) mass is 371 g/mol. The van der Waals surface area contributed by atoms with Crippen LogP contribution in [-0.2, 0) is 9.53 Å². The van der Waals surface area contributed by atoms with Gasteiger partial charge in [-0.25, -0.2) is 4.98 Å². The number of hydrogen-bond donors (Lipinski definition) is 1. The maximum absolute atomic E-state index is 12.1. The van der Waals surface area contributed by atoms with Gasteiger partial charge in [-0.05, 0) is 49.2 Å². The Morgan fingerprint density at radius 3 is 2.69 bits per heavy atom. The first kappa shape index (κ1) is 18.7. The Morgan fingerprint density at radius 1 is 1.19 bits per heavy atom. The molecular weight excluding hydrogens is 346 g/mol. The van der Waals surface area contributed by atoms with Crippen molar-refractivity contribution >= 4 is 29.2 Å². The van der Waals surface area contributed by atoms with E-state index in [0.717, 1.165) is 37.7 Å². The fourth-order valence-electron chi connectivity index (χ4n) is 2.74. The molecule has 1 amide bonds. The molecule has 0 radical (unpaired) electrons. The molecule has 6 heteroatoms. The molecule has 3 rings (SSSR count). The highest BCUT2D eigenvalue weighted by Crippen LogP contribution is 2.22. The number of hydrogen-bond acceptors (Lipinski definition) is 5. The molecule has 5 nitrogen and oxygen atoms in total. The largest absolute Gasteiger partial charge is 0.378 e. The number of aryl methyl sites for hydroxylation is 2. The van der Waals surface area contributed by atoms with E-state index in [2.05, 4.69) is 47.2 Å². The van der Waals surface area contributed by atoms with Crippen LogP contribution in [0.2, 0.25) is 0 Å². The van der Waals surface area contributed by atoms with E-state index >= 15 is 0 Å². The standard InChI is InChI=1S/C20H25N3O2S/c1-15-3-5-18(13-16(15)2)26-12-7-20(24)22-19-6-4-17(14-21-19)23-8-10-25-11-9-23/h3-6,13-14H,7-12H2,1-2H3,(H,21,22,24). The van der Waals surface area contributed by atoms with Crippen molar-refractivity contribution in [3.63, 3.8) is 0 Å². The Morgan fingerprint density at radius 2 is 2.00 bits per heavy atom. The van der Waals surface area contributed by atoms with Gasteiger partial charge in [0.15, 0.2) is 0 Å². The summed E-state index contributed by atoms with van der Waals surface area (Å²) >= 11 is 1.70. The smallest absolute Gasteiger partial charge is 0.226 e. The first-order valence-electron chi connectivity index (χ1n) is 8.90. The minimum atomic E-state index is -0.00652. The summed E-state index contributed by atoms with van der Waals surface area (Å²) < 4.78 is 5.36. The van der Waals surface area contributed by atoms with Crippen LogP contribution in [0.1, 0.15) is 17.5 Å². The van der Waals surface area contributed by atoms with Crippen LogP contribution in [0, 0.1) is 13.8 Å². The summed E-state index contributed by atoms with van der Waals surface area (Å²) in [5.41, 5.74) is 3.64. The number of rotatable bonds is 6. The van der Waals surface area contributed by atoms with Crippen LogP contribution < -0.4 is 10.2 Å². The molecule has 1 saturated heterocycles. The molecule has 0 saturated carbocycles. The lowest BCUT2D eigenvalue weighted by Gasteiger charge is -2.28. The van der Waals surface area contributed by atoms with E-state index in [9.17, 15) is 4.79 Å². The second kappa shape index (κ2) is 9.05. The van der Waals surface area contributed by atoms with Gasteiger partial charge in [-0.3, -0.25) is 4.79 Å². The Bertz CT molecular complexity index is 743. The first-order valence-corrected chi connectivity index (χ1v) is 9.89. The highest BCUT2D eigenvalue weighted by molar-refractivity contribution is 7.99. The summed E-state index contributed by atoms with van der Waals surface area (Å²) in [6.07, 6.45) is 2.27. The van der Waals surface area contributed by atoms with E-state index in [1.807, 2.05) is 18.3 Å². The Hall–Kier alpha value is -2.05. The van der Waals surface area contributed by atoms with Gasteiger partial charge in [0.25, 0.3) is 0 Å². The van der Waals surface area contributed by atoms with Crippen molar-refractivity contribution in [3.8, 4) is 0 Å². The zero-order valence-electron chi connectivity index (χ0n) is 15.3. The Kier molecular flexibility index (Phi) is 6.52. The molecule has 1 N–H and O–H groups in total. The maximum Gasteiger partial charge on any atom is 0.226 e. The van der Waals surface area contributed by atoms with Crippen molar-refractivity contribution in [3.05, 3.63) is 47.7 Å². The number of morpholine rings is 1. The number of aromatic nitrogens is 1. The topological polar surface area (TPSA) is 54.5 Å². The van der Waals surface area contributed by atoms with Crippen LogP contribution in [0.5, 0.6) is 0 Å². The third-order valence-corrected chi connectivity index (χ3v) is 5.46. The highest BCUT2D eigenvalue weighted by atomic mass is 32.2. The molecule has 1 fully saturated rings. The van der Waals surface area contributed by atoms with Gasteiger partial charge in [-0.2, -0.15) is 0 Å². The number of anilines is 2. The van der Waals surface area contributed by atoms with E-state index in [1.165, 1.54) is 16.0 Å².